The van der Waals surface area contributed by atoms with Crippen LogP contribution in [0.2, 0.25) is 10.0 Å². The number of ether oxygens (including phenoxy) is 2. The molecule has 4 aromatic rings. The monoisotopic (exact) mass is 640 g/mol. The van der Waals surface area contributed by atoms with E-state index in [4.69, 9.17) is 32.7 Å². The van der Waals surface area contributed by atoms with Crippen LogP contribution in [0.1, 0.15) is 27.5 Å². The van der Waals surface area contributed by atoms with Crippen molar-refractivity contribution in [1.82, 2.24) is 5.43 Å². The summed E-state index contributed by atoms with van der Waals surface area (Å²) in [5, 5.41) is 5.22. The first kappa shape index (κ1) is 27.6. The van der Waals surface area contributed by atoms with Crippen molar-refractivity contribution in [3.63, 3.8) is 0 Å². The second-order valence-corrected chi connectivity index (χ2v) is 11.5. The van der Waals surface area contributed by atoms with E-state index >= 15 is 0 Å². The maximum absolute atomic E-state index is 12.6. The average Bonchev–Trinajstić information content (AvgIpc) is 3.26. The first-order valence-corrected chi connectivity index (χ1v) is 14.6. The molecule has 0 aromatic heterocycles. The van der Waals surface area contributed by atoms with Gasteiger partial charge < -0.3 is 9.47 Å². The summed E-state index contributed by atoms with van der Waals surface area (Å²) in [7, 11) is 1.56. The van der Waals surface area contributed by atoms with Crippen LogP contribution >= 0.6 is 50.9 Å². The van der Waals surface area contributed by atoms with Crippen molar-refractivity contribution in [3.8, 4) is 22.6 Å². The number of thioether (sulfide) groups is 1. The van der Waals surface area contributed by atoms with Crippen LogP contribution in [0.3, 0.4) is 0 Å². The van der Waals surface area contributed by atoms with E-state index in [-0.39, 0.29) is 23.5 Å². The zero-order chi connectivity index (χ0) is 27.4. The number of benzene rings is 4. The molecule has 5 rings (SSSR count). The van der Waals surface area contributed by atoms with Crippen LogP contribution in [-0.2, 0) is 11.4 Å². The second-order valence-electron chi connectivity index (χ2n) is 8.73. The lowest BCUT2D eigenvalue weighted by Gasteiger charge is -2.14. The number of amides is 1. The number of hydrogen-bond donors (Lipinski definition) is 1. The van der Waals surface area contributed by atoms with Crippen molar-refractivity contribution in [2.45, 2.75) is 11.9 Å². The molecule has 0 fully saturated rings. The van der Waals surface area contributed by atoms with Crippen LogP contribution in [0.15, 0.2) is 88.4 Å². The molecule has 0 unspecified atom stereocenters. The highest BCUT2D eigenvalue weighted by atomic mass is 79.9. The molecule has 0 spiro atoms. The number of nitrogens with zero attached hydrogens (tertiary/aromatic N) is 1. The molecule has 39 heavy (non-hydrogen) atoms. The molecule has 1 N–H and O–H groups in total. The van der Waals surface area contributed by atoms with Crippen LogP contribution in [0.25, 0.3) is 11.1 Å². The fraction of sp³-hybridized carbons (Fsp3) is 0.133. The Hall–Kier alpha value is -2.97. The predicted molar refractivity (Wildman–Crippen MR) is 163 cm³/mol. The number of fused-ring (bicyclic) bond motifs is 3. The Morgan fingerprint density at radius 1 is 1.00 bits per heavy atom. The van der Waals surface area contributed by atoms with Gasteiger partial charge in [0.1, 0.15) is 6.61 Å². The molecule has 1 aliphatic rings. The Morgan fingerprint density at radius 2 is 1.69 bits per heavy atom. The predicted octanol–water partition coefficient (Wildman–Crippen LogP) is 8.30. The molecule has 4 aromatic carbocycles. The summed E-state index contributed by atoms with van der Waals surface area (Å²) in [5.74, 6) is 1.16. The summed E-state index contributed by atoms with van der Waals surface area (Å²) in [6.07, 6.45) is 1.57. The van der Waals surface area contributed by atoms with Gasteiger partial charge >= 0.3 is 0 Å². The van der Waals surface area contributed by atoms with Crippen molar-refractivity contribution in [3.05, 3.63) is 116 Å². The van der Waals surface area contributed by atoms with Gasteiger partial charge in [-0.25, -0.2) is 5.43 Å². The van der Waals surface area contributed by atoms with Crippen LogP contribution in [0, 0.1) is 0 Å². The summed E-state index contributed by atoms with van der Waals surface area (Å²) in [6, 6.07) is 25.7. The zero-order valence-corrected chi connectivity index (χ0v) is 24.7. The minimum Gasteiger partial charge on any atom is -0.493 e. The van der Waals surface area contributed by atoms with Crippen molar-refractivity contribution < 1.29 is 14.3 Å². The zero-order valence-electron chi connectivity index (χ0n) is 20.8. The topological polar surface area (TPSA) is 59.9 Å². The molecule has 198 valence electrons. The van der Waals surface area contributed by atoms with Gasteiger partial charge in [0.05, 0.1) is 38.8 Å². The lowest BCUT2D eigenvalue weighted by Crippen LogP contribution is -2.20. The highest BCUT2D eigenvalue weighted by Crippen LogP contribution is 2.49. The van der Waals surface area contributed by atoms with Gasteiger partial charge in [-0.15, -0.1) is 11.8 Å². The number of hydrogen-bond acceptors (Lipinski definition) is 5. The molecule has 0 radical (unpaired) electrons. The number of halogens is 3. The van der Waals surface area contributed by atoms with Gasteiger partial charge in [0.25, 0.3) is 0 Å². The van der Waals surface area contributed by atoms with Crippen LogP contribution in [0.5, 0.6) is 11.5 Å². The maximum Gasteiger partial charge on any atom is 0.250 e. The van der Waals surface area contributed by atoms with Crippen LogP contribution < -0.4 is 14.9 Å². The molecule has 0 saturated heterocycles. The van der Waals surface area contributed by atoms with Crippen LogP contribution in [0.4, 0.5) is 0 Å². The number of methoxy groups -OCH3 is 1. The maximum atomic E-state index is 12.6. The smallest absolute Gasteiger partial charge is 0.250 e. The molecule has 0 aliphatic heterocycles. The Kier molecular flexibility index (Phi) is 8.82. The van der Waals surface area contributed by atoms with Crippen molar-refractivity contribution in [2.24, 2.45) is 5.10 Å². The Balaban J connectivity index is 1.20. The first-order valence-electron chi connectivity index (χ1n) is 12.0. The van der Waals surface area contributed by atoms with E-state index in [0.717, 1.165) is 11.1 Å². The standard InChI is InChI=1S/C30H23BrCl2N2O3S/c1-37-27-14-19(12-24(31)29(27)38-16-18-10-11-25(32)26(33)13-18)15-34-35-28(36)17-39-30-22-8-4-2-6-20(22)21-7-3-5-9-23(21)30/h2-15,30H,16-17H2,1H3,(H,35,36)/b34-15-. The molecule has 0 atom stereocenters. The highest BCUT2D eigenvalue weighted by Gasteiger charge is 2.28. The molecule has 0 saturated carbocycles. The minimum atomic E-state index is -0.175. The van der Waals surface area contributed by atoms with E-state index in [1.54, 1.807) is 43.3 Å². The van der Waals surface area contributed by atoms with E-state index in [0.29, 0.717) is 26.0 Å². The molecule has 1 aliphatic carbocycles. The van der Waals surface area contributed by atoms with E-state index < -0.39 is 0 Å². The third-order valence-corrected chi connectivity index (χ3v) is 8.78. The van der Waals surface area contributed by atoms with Gasteiger partial charge in [0.15, 0.2) is 11.5 Å². The Morgan fingerprint density at radius 3 is 2.36 bits per heavy atom. The fourth-order valence-electron chi connectivity index (χ4n) is 4.40. The first-order chi connectivity index (χ1) is 18.9. The van der Waals surface area contributed by atoms with Gasteiger partial charge in [0, 0.05) is 0 Å². The molecular formula is C30H23BrCl2N2O3S. The minimum absolute atomic E-state index is 0.115. The largest absolute Gasteiger partial charge is 0.493 e. The van der Waals surface area contributed by atoms with Gasteiger partial charge in [-0.3, -0.25) is 4.79 Å². The normalized spacial score (nSPS) is 12.3. The highest BCUT2D eigenvalue weighted by molar-refractivity contribution is 9.10. The lowest BCUT2D eigenvalue weighted by atomic mass is 10.1. The molecule has 0 heterocycles. The third-order valence-electron chi connectivity index (χ3n) is 6.18. The number of nitrogens with one attached hydrogen (secondary N) is 1. The molecule has 0 bridgehead atoms. The van der Waals surface area contributed by atoms with Gasteiger partial charge in [0.2, 0.25) is 5.91 Å². The summed E-state index contributed by atoms with van der Waals surface area (Å²) in [5.41, 5.74) is 9.16. The van der Waals surface area contributed by atoms with Crippen molar-refractivity contribution in [2.75, 3.05) is 12.9 Å². The quantitative estimate of drug-likeness (QED) is 0.148. The van der Waals surface area contributed by atoms with Crippen molar-refractivity contribution >= 4 is 63.0 Å². The molecule has 1 amide bonds. The average molecular weight is 642 g/mol. The Bertz CT molecular complexity index is 1520. The Labute approximate surface area is 249 Å². The molecule has 9 heteroatoms. The summed E-state index contributed by atoms with van der Waals surface area (Å²) in [4.78, 5) is 12.6. The van der Waals surface area contributed by atoms with Gasteiger partial charge in [-0.1, -0.05) is 77.8 Å². The lowest BCUT2D eigenvalue weighted by molar-refractivity contribution is -0.118. The summed E-state index contributed by atoms with van der Waals surface area (Å²) >= 11 is 17.2. The van der Waals surface area contributed by atoms with Crippen molar-refractivity contribution in [1.29, 1.82) is 0 Å². The third kappa shape index (κ3) is 6.28. The second kappa shape index (κ2) is 12.5. The number of hydrazone groups is 1. The van der Waals surface area contributed by atoms with Crippen LogP contribution in [-0.4, -0.2) is 25.0 Å². The number of carbonyl (C=O) groups excluding carboxylic acids is 1. The molecular weight excluding hydrogens is 619 g/mol. The van der Waals surface area contributed by atoms with E-state index in [1.165, 1.54) is 22.3 Å². The van der Waals surface area contributed by atoms with Gasteiger partial charge in [-0.2, -0.15) is 5.10 Å². The SMILES string of the molecule is COc1cc(/C=N\NC(=O)CSC2c3ccccc3-c3ccccc32)cc(Br)c1OCc1ccc(Cl)c(Cl)c1. The van der Waals surface area contributed by atoms with E-state index in [2.05, 4.69) is 50.7 Å². The molecule has 5 nitrogen and oxygen atoms in total. The van der Waals surface area contributed by atoms with E-state index in [1.807, 2.05) is 36.4 Å². The number of carbonyl (C=O) groups is 1. The van der Waals surface area contributed by atoms with E-state index in [9.17, 15) is 4.79 Å². The summed E-state index contributed by atoms with van der Waals surface area (Å²) < 4.78 is 12.2. The van der Waals surface area contributed by atoms with Gasteiger partial charge in [-0.05, 0) is 73.6 Å². The number of rotatable bonds is 9. The fourth-order valence-corrected chi connectivity index (χ4v) is 6.45. The summed E-state index contributed by atoms with van der Waals surface area (Å²) in [6.45, 7) is 0.281.